The van der Waals surface area contributed by atoms with Crippen molar-refractivity contribution >= 4 is 43.1 Å². The molecule has 0 spiro atoms. The van der Waals surface area contributed by atoms with Crippen LogP contribution in [0.4, 0.5) is 11.4 Å². The number of amides is 1. The van der Waals surface area contributed by atoms with Gasteiger partial charge >= 0.3 is 101 Å². The monoisotopic (exact) mass is 458 g/mol. The van der Waals surface area contributed by atoms with Gasteiger partial charge in [0.15, 0.2) is 5.75 Å². The first-order valence-electron chi connectivity index (χ1n) is 7.35. The number of carbonyl (C=O) groups is 1. The SMILES string of the molecule is CC(=O)Nc1cccc([As](=O)(O)O)c1O.O=[N+]([O-])c1ccccc1OB(O)O. The molecular formula is C14H16AsBN2O10. The van der Waals surface area contributed by atoms with E-state index in [1.165, 1.54) is 43.3 Å². The molecule has 2 rings (SSSR count). The van der Waals surface area contributed by atoms with Gasteiger partial charge in [0.1, 0.15) is 0 Å². The molecule has 0 aliphatic heterocycles. The third-order valence-electron chi connectivity index (χ3n) is 2.93. The smallest absolute Gasteiger partial charge is 0.507 e. The zero-order valence-corrected chi connectivity index (χ0v) is 16.2. The fourth-order valence-corrected chi connectivity index (χ4v) is 3.30. The van der Waals surface area contributed by atoms with E-state index < -0.39 is 42.4 Å². The van der Waals surface area contributed by atoms with Crippen LogP contribution in [0.5, 0.6) is 11.5 Å². The molecule has 0 bridgehead atoms. The van der Waals surface area contributed by atoms with E-state index in [1.807, 2.05) is 0 Å². The van der Waals surface area contributed by atoms with Crippen molar-refractivity contribution in [2.75, 3.05) is 5.32 Å². The fourth-order valence-electron chi connectivity index (χ4n) is 1.88. The molecule has 14 heteroatoms. The summed E-state index contributed by atoms with van der Waals surface area (Å²) in [6, 6.07) is 9.25. The number of benzene rings is 2. The summed E-state index contributed by atoms with van der Waals surface area (Å²) in [5.74, 6) is -1.19. The number of rotatable bonds is 5. The van der Waals surface area contributed by atoms with Crippen molar-refractivity contribution in [3.05, 3.63) is 52.6 Å². The summed E-state index contributed by atoms with van der Waals surface area (Å²) >= 11 is -5.15. The topological polar surface area (TPSA) is 200 Å². The molecule has 28 heavy (non-hydrogen) atoms. The van der Waals surface area contributed by atoms with Crippen LogP contribution in [0.25, 0.3) is 0 Å². The fraction of sp³-hybridized carbons (Fsp3) is 0.0714. The van der Waals surface area contributed by atoms with E-state index in [0.29, 0.717) is 0 Å². The summed E-state index contributed by atoms with van der Waals surface area (Å²) < 4.78 is 32.8. The molecule has 0 heterocycles. The minimum atomic E-state index is -5.15. The number of aromatic hydroxyl groups is 1. The van der Waals surface area contributed by atoms with Gasteiger partial charge in [0.25, 0.3) is 0 Å². The predicted molar refractivity (Wildman–Crippen MR) is 96.8 cm³/mol. The summed E-state index contributed by atoms with van der Waals surface area (Å²) in [6.45, 7) is 1.23. The number of anilines is 1. The van der Waals surface area contributed by atoms with Crippen molar-refractivity contribution in [3.8, 4) is 11.5 Å². The van der Waals surface area contributed by atoms with Crippen LogP contribution in [0.15, 0.2) is 42.5 Å². The number of nitro benzene ring substituents is 1. The Hall–Kier alpha value is -2.83. The molecule has 0 aliphatic rings. The van der Waals surface area contributed by atoms with E-state index in [0.717, 1.165) is 6.07 Å². The molecule has 2 aromatic rings. The Balaban J connectivity index is 0.000000283. The van der Waals surface area contributed by atoms with Crippen molar-refractivity contribution < 1.29 is 41.5 Å². The van der Waals surface area contributed by atoms with Gasteiger partial charge in [0.2, 0.25) is 0 Å². The van der Waals surface area contributed by atoms with E-state index in [2.05, 4.69) is 9.97 Å². The molecular weight excluding hydrogens is 442 g/mol. The molecule has 0 fully saturated rings. The van der Waals surface area contributed by atoms with Gasteiger partial charge < -0.3 is 14.7 Å². The van der Waals surface area contributed by atoms with Gasteiger partial charge in [-0.3, -0.25) is 10.1 Å². The second-order valence-electron chi connectivity index (χ2n) is 5.07. The minimum absolute atomic E-state index is 0.00951. The van der Waals surface area contributed by atoms with Crippen molar-refractivity contribution in [3.63, 3.8) is 0 Å². The molecule has 0 radical (unpaired) electrons. The molecule has 0 aliphatic carbocycles. The maximum Gasteiger partial charge on any atom is 0.707 e. The Morgan fingerprint density at radius 3 is 2.29 bits per heavy atom. The Morgan fingerprint density at radius 1 is 1.18 bits per heavy atom. The van der Waals surface area contributed by atoms with Gasteiger partial charge in [0, 0.05) is 6.07 Å². The number of hydrogen-bond acceptors (Lipinski definition) is 8. The molecule has 0 saturated carbocycles. The largest absolute Gasteiger partial charge is 0.707 e. The number of nitrogens with zero attached hydrogens (tertiary/aromatic N) is 1. The van der Waals surface area contributed by atoms with Crippen LogP contribution in [0.1, 0.15) is 6.92 Å². The van der Waals surface area contributed by atoms with E-state index in [1.54, 1.807) is 0 Å². The van der Waals surface area contributed by atoms with E-state index >= 15 is 0 Å². The summed E-state index contributed by atoms with van der Waals surface area (Å²) in [4.78, 5) is 20.4. The zero-order chi connectivity index (χ0) is 21.5. The molecule has 12 nitrogen and oxygen atoms in total. The van der Waals surface area contributed by atoms with Gasteiger partial charge in [-0.1, -0.05) is 12.1 Å². The Morgan fingerprint density at radius 2 is 1.79 bits per heavy atom. The first kappa shape index (κ1) is 23.2. The molecule has 150 valence electrons. The van der Waals surface area contributed by atoms with Gasteiger partial charge in [-0.2, -0.15) is 0 Å². The van der Waals surface area contributed by atoms with E-state index in [-0.39, 0.29) is 17.1 Å². The molecule has 0 aromatic heterocycles. The summed E-state index contributed by atoms with van der Waals surface area (Å²) in [6.07, 6.45) is 0. The van der Waals surface area contributed by atoms with Crippen LogP contribution in [0.2, 0.25) is 0 Å². The first-order valence-corrected chi connectivity index (χ1v) is 10.7. The Bertz CT molecular complexity index is 901. The van der Waals surface area contributed by atoms with Gasteiger partial charge in [-0.25, -0.2) is 0 Å². The first-order chi connectivity index (χ1) is 12.9. The second kappa shape index (κ2) is 9.92. The average Bonchev–Trinajstić information content (AvgIpc) is 2.55. The van der Waals surface area contributed by atoms with Crippen LogP contribution >= 0.6 is 0 Å². The summed E-state index contributed by atoms with van der Waals surface area (Å²) in [7, 11) is -2.05. The number of hydrogen-bond donors (Lipinski definition) is 6. The molecule has 0 unspecified atom stereocenters. The maximum atomic E-state index is 11.0. The van der Waals surface area contributed by atoms with Gasteiger partial charge in [0.05, 0.1) is 4.92 Å². The Labute approximate surface area is 161 Å². The van der Waals surface area contributed by atoms with Crippen molar-refractivity contribution in [1.82, 2.24) is 0 Å². The van der Waals surface area contributed by atoms with Crippen LogP contribution in [0.3, 0.4) is 0 Å². The third kappa shape index (κ3) is 7.06. The number of carbonyl (C=O) groups excluding carboxylic acids is 1. The molecule has 2 aromatic carbocycles. The number of phenols is 1. The predicted octanol–water partition coefficient (Wildman–Crippen LogP) is -1.15. The van der Waals surface area contributed by atoms with E-state index in [9.17, 15) is 23.8 Å². The summed E-state index contributed by atoms with van der Waals surface area (Å²) in [5.41, 5.74) is -0.319. The number of nitrogens with one attached hydrogen (secondary N) is 1. The quantitative estimate of drug-likeness (QED) is 0.138. The molecule has 6 N–H and O–H groups in total. The van der Waals surface area contributed by atoms with Crippen LogP contribution < -0.4 is 14.3 Å². The Kier molecular flexibility index (Phi) is 8.22. The van der Waals surface area contributed by atoms with E-state index in [4.69, 9.17) is 18.2 Å². The average molecular weight is 458 g/mol. The standard InChI is InChI=1S/C8H10AsNO5.C6H6BNO5/c1-5(11)10-7-4-2-3-6(8(7)12)9(13,14)15;9-7(10)13-6-4-2-1-3-5(6)8(11)12/h2-4,12H,1H3,(H,10,11)(H2,13,14,15);1-4,9-10H. The maximum absolute atomic E-state index is 11.0. The number of nitro groups is 1. The normalized spacial score (nSPS) is 10.3. The van der Waals surface area contributed by atoms with Gasteiger partial charge in [-0.05, 0) is 6.07 Å². The zero-order valence-electron chi connectivity index (χ0n) is 14.3. The number of para-hydroxylation sites is 3. The second-order valence-corrected chi connectivity index (χ2v) is 8.36. The van der Waals surface area contributed by atoms with Crippen LogP contribution in [-0.4, -0.2) is 55.7 Å². The molecule has 1 amide bonds. The van der Waals surface area contributed by atoms with Crippen molar-refractivity contribution in [1.29, 1.82) is 0 Å². The van der Waals surface area contributed by atoms with Crippen LogP contribution in [0, 0.1) is 10.1 Å². The van der Waals surface area contributed by atoms with Crippen LogP contribution in [-0.2, 0) is 8.53 Å². The minimum Gasteiger partial charge on any atom is -0.507 e. The molecule has 0 atom stereocenters. The van der Waals surface area contributed by atoms with Gasteiger partial charge in [-0.15, -0.1) is 0 Å². The van der Waals surface area contributed by atoms with Crippen molar-refractivity contribution in [2.24, 2.45) is 0 Å². The third-order valence-corrected chi connectivity index (χ3v) is 5.01. The summed E-state index contributed by atoms with van der Waals surface area (Å²) in [5, 5.41) is 39.0. The number of phenolic OH excluding ortho intramolecular Hbond substituents is 1. The molecule has 0 saturated heterocycles. The van der Waals surface area contributed by atoms with Crippen molar-refractivity contribution in [2.45, 2.75) is 6.92 Å².